The van der Waals surface area contributed by atoms with Crippen molar-refractivity contribution in [1.82, 2.24) is 19.6 Å². The number of ether oxygens (including phenoxy) is 2. The molecule has 3 saturated heterocycles. The molecule has 57 heavy (non-hydrogen) atoms. The highest BCUT2D eigenvalue weighted by molar-refractivity contribution is 8.03. The number of aliphatic hydroxyl groups is 1. The summed E-state index contributed by atoms with van der Waals surface area (Å²) < 4.78 is 11.1. The zero-order valence-electron chi connectivity index (χ0n) is 31.5. The van der Waals surface area contributed by atoms with Gasteiger partial charge in [-0.3, -0.25) is 34.7 Å². The average Bonchev–Trinajstić information content (AvgIpc) is 3.70. The number of β-lactam (4-membered cyclic amide) rings is 1. The summed E-state index contributed by atoms with van der Waals surface area (Å²) in [6.45, 7) is 6.58. The lowest BCUT2D eigenvalue weighted by atomic mass is 9.79. The average molecular weight is 811 g/mol. The molecular formula is C37H42N6O13S. The van der Waals surface area contributed by atoms with Crippen LogP contribution in [0.3, 0.4) is 0 Å². The molecule has 0 unspecified atom stereocenters. The molecule has 20 heteroatoms. The van der Waals surface area contributed by atoms with Gasteiger partial charge in [0.2, 0.25) is 11.8 Å². The summed E-state index contributed by atoms with van der Waals surface area (Å²) in [4.78, 5) is 93.7. The quantitative estimate of drug-likeness (QED) is 0.187. The predicted molar refractivity (Wildman–Crippen MR) is 200 cm³/mol. The molecule has 6 rings (SSSR count). The Kier molecular flexibility index (Phi) is 11.7. The number of nitrogens with zero attached hydrogens (tertiary/aromatic N) is 6. The molecule has 2 N–H and O–H groups in total. The van der Waals surface area contributed by atoms with Gasteiger partial charge in [0, 0.05) is 72.1 Å². The number of nitro groups is 2. The number of piperazine rings is 1. The third-order valence-corrected chi connectivity index (χ3v) is 12.4. The number of carboxylic acid groups (broad SMARTS) is 1. The van der Waals surface area contributed by atoms with Gasteiger partial charge in [0.25, 0.3) is 11.4 Å². The van der Waals surface area contributed by atoms with Gasteiger partial charge < -0.3 is 34.4 Å². The van der Waals surface area contributed by atoms with Gasteiger partial charge in [-0.25, -0.2) is 14.4 Å². The van der Waals surface area contributed by atoms with Crippen LogP contribution in [-0.4, -0.2) is 125 Å². The van der Waals surface area contributed by atoms with E-state index in [1.54, 1.807) is 25.7 Å². The van der Waals surface area contributed by atoms with Crippen molar-refractivity contribution in [3.8, 4) is 0 Å². The summed E-state index contributed by atoms with van der Waals surface area (Å²) >= 11 is 1.18. The summed E-state index contributed by atoms with van der Waals surface area (Å²) in [7, 11) is 0. The Hall–Kier alpha value is -5.76. The van der Waals surface area contributed by atoms with Gasteiger partial charge in [-0.15, -0.1) is 11.8 Å². The van der Waals surface area contributed by atoms with Crippen LogP contribution in [0.1, 0.15) is 45.2 Å². The third kappa shape index (κ3) is 8.09. The number of benzene rings is 2. The van der Waals surface area contributed by atoms with E-state index in [1.807, 2.05) is 0 Å². The summed E-state index contributed by atoms with van der Waals surface area (Å²) in [5.74, 6) is -3.41. The maximum atomic E-state index is 14.4. The first-order chi connectivity index (χ1) is 27.0. The smallest absolute Gasteiger partial charge is 0.410 e. The summed E-state index contributed by atoms with van der Waals surface area (Å²) in [6, 6.07) is 8.43. The van der Waals surface area contributed by atoms with Gasteiger partial charge in [0.05, 0.1) is 27.9 Å². The van der Waals surface area contributed by atoms with Crippen LogP contribution < -0.4 is 0 Å². The van der Waals surface area contributed by atoms with Crippen LogP contribution in [0, 0.1) is 32.1 Å². The molecule has 4 amide bonds. The van der Waals surface area contributed by atoms with Gasteiger partial charge in [-0.05, 0) is 62.6 Å². The Labute approximate surface area is 330 Å². The maximum absolute atomic E-state index is 14.4. The zero-order chi connectivity index (χ0) is 41.5. The number of amides is 4. The van der Waals surface area contributed by atoms with E-state index in [1.165, 1.54) is 81.9 Å². The molecule has 4 aliphatic heterocycles. The first-order valence-corrected chi connectivity index (χ1v) is 19.2. The number of likely N-dealkylation sites (tertiary alicyclic amines) is 1. The maximum Gasteiger partial charge on any atom is 0.410 e. The summed E-state index contributed by atoms with van der Waals surface area (Å²) in [6.07, 6.45) is -2.35. The van der Waals surface area contributed by atoms with Crippen molar-refractivity contribution >= 4 is 53.1 Å². The molecule has 0 saturated carbocycles. The molecule has 4 aliphatic rings. The lowest BCUT2D eigenvalue weighted by Gasteiger charge is -2.46. The standard InChI is InChI=1S/C37H42N6O13S/c1-19-15-39(36(49)55-17-23-5-9-25(10-6-23)42(51)52)20(2)14-38(19)33(45)28-13-27(16-40(28)37(50)56-18-24-7-11-26(12-8-24)43(53)54)57-32-21(3)30-29(22(4)44)34(46)41(30)31(32)35(47)48/h5-12,19-22,27-30,44H,13-18H2,1-4H3,(H,47,48)/t19-,20+,21-,22-,27+,28+,29-,30-/m1/s1. The normalized spacial score (nSPS) is 26.1. The van der Waals surface area contributed by atoms with Crippen molar-refractivity contribution in [2.45, 2.75) is 82.9 Å². The molecule has 0 radical (unpaired) electrons. The Morgan fingerprint density at radius 3 is 1.81 bits per heavy atom. The number of aliphatic hydroxyl groups excluding tert-OH is 1. The van der Waals surface area contributed by atoms with Crippen molar-refractivity contribution in [2.24, 2.45) is 11.8 Å². The van der Waals surface area contributed by atoms with Gasteiger partial charge in [-0.1, -0.05) is 6.92 Å². The number of aliphatic carboxylic acids is 1. The molecule has 3 fully saturated rings. The van der Waals surface area contributed by atoms with Crippen LogP contribution in [0.4, 0.5) is 21.0 Å². The largest absolute Gasteiger partial charge is 0.477 e. The van der Waals surface area contributed by atoms with Crippen LogP contribution in [0.15, 0.2) is 59.1 Å². The minimum atomic E-state index is -1.30. The number of thioether (sulfide) groups is 1. The molecular weight excluding hydrogens is 769 g/mol. The molecule has 2 aromatic carbocycles. The first kappa shape index (κ1) is 40.9. The highest BCUT2D eigenvalue weighted by Gasteiger charge is 2.60. The number of carboxylic acids is 1. The number of rotatable bonds is 11. The van der Waals surface area contributed by atoms with Crippen LogP contribution in [0.2, 0.25) is 0 Å². The van der Waals surface area contributed by atoms with Crippen molar-refractivity contribution in [1.29, 1.82) is 0 Å². The molecule has 0 bridgehead atoms. The highest BCUT2D eigenvalue weighted by atomic mass is 32.2. The second-order valence-electron chi connectivity index (χ2n) is 14.7. The van der Waals surface area contributed by atoms with Gasteiger partial charge in [-0.2, -0.15) is 0 Å². The zero-order valence-corrected chi connectivity index (χ0v) is 32.3. The molecule has 0 aliphatic carbocycles. The number of carbonyl (C=O) groups is 5. The molecule has 0 spiro atoms. The lowest BCUT2D eigenvalue weighted by molar-refractivity contribution is -0.385. The van der Waals surface area contributed by atoms with E-state index >= 15 is 0 Å². The number of hydrogen-bond donors (Lipinski definition) is 2. The second-order valence-corrected chi connectivity index (χ2v) is 16.1. The van der Waals surface area contributed by atoms with Crippen LogP contribution in [-0.2, 0) is 37.1 Å². The molecule has 0 aromatic heterocycles. The molecule has 19 nitrogen and oxygen atoms in total. The van der Waals surface area contributed by atoms with Crippen molar-refractivity contribution < 1.29 is 53.5 Å². The fourth-order valence-corrected chi connectivity index (χ4v) is 9.46. The van der Waals surface area contributed by atoms with Crippen molar-refractivity contribution in [3.63, 3.8) is 0 Å². The van der Waals surface area contributed by atoms with Crippen LogP contribution in [0.5, 0.6) is 0 Å². The van der Waals surface area contributed by atoms with E-state index in [0.717, 1.165) is 0 Å². The lowest BCUT2D eigenvalue weighted by Crippen LogP contribution is -2.63. The summed E-state index contributed by atoms with van der Waals surface area (Å²) in [5, 5.41) is 42.0. The van der Waals surface area contributed by atoms with Crippen LogP contribution in [0.25, 0.3) is 0 Å². The Bertz CT molecular complexity index is 1990. The number of nitro benzene ring substituents is 2. The van der Waals surface area contributed by atoms with Crippen molar-refractivity contribution in [2.75, 3.05) is 19.6 Å². The Morgan fingerprint density at radius 1 is 0.825 bits per heavy atom. The minimum Gasteiger partial charge on any atom is -0.477 e. The SMILES string of the molecule is C[C@@H]1CN(C(=O)OCc2ccc([N+](=O)[O-])cc2)[C@@H](C)CN1C(=O)[C@@H]1C[C@H](SC2=C(C(=O)O)N3C(=O)[C@H]([C@@H](C)O)[C@H]3[C@H]2C)CN1C(=O)OCc1ccc([N+](=O)[O-])cc1. The van der Waals surface area contributed by atoms with E-state index in [9.17, 15) is 54.4 Å². The number of carbonyl (C=O) groups excluding carboxylic acids is 4. The Morgan fingerprint density at radius 2 is 1.32 bits per heavy atom. The Balaban J connectivity index is 1.17. The fraction of sp³-hybridized carbons (Fsp3) is 0.486. The number of hydrogen-bond acceptors (Lipinski definition) is 13. The third-order valence-electron chi connectivity index (χ3n) is 10.9. The first-order valence-electron chi connectivity index (χ1n) is 18.3. The predicted octanol–water partition coefficient (Wildman–Crippen LogP) is 3.73. The topological polar surface area (TPSA) is 244 Å². The highest BCUT2D eigenvalue weighted by Crippen LogP contribution is 2.52. The molecule has 2 aromatic rings. The molecule has 8 atom stereocenters. The second kappa shape index (κ2) is 16.4. The monoisotopic (exact) mass is 810 g/mol. The molecule has 304 valence electrons. The van der Waals surface area contributed by atoms with Gasteiger partial charge >= 0.3 is 18.2 Å². The van der Waals surface area contributed by atoms with Gasteiger partial charge in [0.15, 0.2) is 0 Å². The number of fused-ring (bicyclic) bond motifs is 1. The number of non-ortho nitro benzene ring substituents is 2. The minimum absolute atomic E-state index is 0.0133. The van der Waals surface area contributed by atoms with E-state index in [2.05, 4.69) is 0 Å². The van der Waals surface area contributed by atoms with Crippen molar-refractivity contribution in [3.05, 3.63) is 90.5 Å². The fourth-order valence-electron chi connectivity index (χ4n) is 7.94. The van der Waals surface area contributed by atoms with Crippen LogP contribution >= 0.6 is 11.8 Å². The molecule has 4 heterocycles. The van der Waals surface area contributed by atoms with E-state index in [0.29, 0.717) is 16.0 Å². The van der Waals surface area contributed by atoms with E-state index < -0.39 is 87.2 Å². The van der Waals surface area contributed by atoms with E-state index in [4.69, 9.17) is 9.47 Å². The van der Waals surface area contributed by atoms with E-state index in [-0.39, 0.29) is 56.3 Å². The van der Waals surface area contributed by atoms with Gasteiger partial charge in [0.1, 0.15) is 25.0 Å². The summed E-state index contributed by atoms with van der Waals surface area (Å²) in [5.41, 5.74) is 0.604.